The Morgan fingerprint density at radius 2 is 2.00 bits per heavy atom. The highest BCUT2D eigenvalue weighted by Gasteiger charge is 2.14. The number of nitrogens with two attached hydrogens (primary N) is 1. The van der Waals surface area contributed by atoms with Crippen LogP contribution in [0.5, 0.6) is 0 Å². The number of rotatable bonds is 4. The number of hydrogen-bond acceptors (Lipinski definition) is 3. The van der Waals surface area contributed by atoms with E-state index in [1.54, 1.807) is 18.2 Å². The molecule has 1 aromatic rings. The van der Waals surface area contributed by atoms with Crippen molar-refractivity contribution in [1.82, 2.24) is 0 Å². The molecule has 0 aliphatic heterocycles. The van der Waals surface area contributed by atoms with Crippen LogP contribution in [0.4, 0.5) is 5.69 Å². The van der Waals surface area contributed by atoms with E-state index in [0.717, 1.165) is 18.4 Å². The third kappa shape index (κ3) is 2.99. The highest BCUT2D eigenvalue weighted by atomic mass is 16.5. The summed E-state index contributed by atoms with van der Waals surface area (Å²) in [5.41, 5.74) is 7.75. The maximum atomic E-state index is 11.8. The van der Waals surface area contributed by atoms with Crippen LogP contribution in [0.1, 0.15) is 42.6 Å². The number of carbonyl (C=O) groups excluding carboxylic acids is 1. The second-order valence-electron chi connectivity index (χ2n) is 3.92. The van der Waals surface area contributed by atoms with Crippen molar-refractivity contribution < 1.29 is 9.53 Å². The third-order valence-electron chi connectivity index (χ3n) is 2.65. The summed E-state index contributed by atoms with van der Waals surface area (Å²) in [5, 5.41) is 0. The predicted octanol–water partition coefficient (Wildman–Crippen LogP) is 2.92. The summed E-state index contributed by atoms with van der Waals surface area (Å²) in [6.07, 6.45) is 1.69. The van der Waals surface area contributed by atoms with Crippen LogP contribution in [0.2, 0.25) is 0 Å². The number of anilines is 1. The Morgan fingerprint density at radius 1 is 1.38 bits per heavy atom. The van der Waals surface area contributed by atoms with Crippen molar-refractivity contribution in [2.45, 2.75) is 39.7 Å². The van der Waals surface area contributed by atoms with Crippen LogP contribution in [0, 0.1) is 6.92 Å². The summed E-state index contributed by atoms with van der Waals surface area (Å²) in [6, 6.07) is 5.22. The summed E-state index contributed by atoms with van der Waals surface area (Å²) >= 11 is 0. The number of hydrogen-bond donors (Lipinski definition) is 1. The van der Waals surface area contributed by atoms with Crippen LogP contribution >= 0.6 is 0 Å². The molecule has 0 aliphatic rings. The molecule has 0 spiro atoms. The van der Waals surface area contributed by atoms with Crippen molar-refractivity contribution in [2.24, 2.45) is 0 Å². The van der Waals surface area contributed by atoms with Crippen LogP contribution < -0.4 is 5.73 Å². The summed E-state index contributed by atoms with van der Waals surface area (Å²) in [7, 11) is 0. The molecule has 0 saturated carbocycles. The van der Waals surface area contributed by atoms with Gasteiger partial charge in [-0.05, 0) is 43.5 Å². The zero-order chi connectivity index (χ0) is 12.1. The van der Waals surface area contributed by atoms with Gasteiger partial charge in [0.25, 0.3) is 0 Å². The highest BCUT2D eigenvalue weighted by molar-refractivity contribution is 5.91. The van der Waals surface area contributed by atoms with Gasteiger partial charge in [0, 0.05) is 5.69 Å². The SMILES string of the molecule is CCC(CC)OC(=O)c1ccc(N)cc1C. The first kappa shape index (κ1) is 12.6. The second kappa shape index (κ2) is 5.54. The largest absolute Gasteiger partial charge is 0.459 e. The van der Waals surface area contributed by atoms with Gasteiger partial charge in [0.15, 0.2) is 0 Å². The molecule has 16 heavy (non-hydrogen) atoms. The molecule has 2 N–H and O–H groups in total. The number of ether oxygens (including phenoxy) is 1. The Kier molecular flexibility index (Phi) is 4.35. The number of aryl methyl sites for hydroxylation is 1. The lowest BCUT2D eigenvalue weighted by molar-refractivity contribution is 0.0283. The Morgan fingerprint density at radius 3 is 2.50 bits per heavy atom. The molecule has 88 valence electrons. The van der Waals surface area contributed by atoms with Crippen LogP contribution in [-0.4, -0.2) is 12.1 Å². The molecule has 3 heteroatoms. The zero-order valence-corrected chi connectivity index (χ0v) is 10.1. The van der Waals surface area contributed by atoms with Crippen molar-refractivity contribution >= 4 is 11.7 Å². The summed E-state index contributed by atoms with van der Waals surface area (Å²) < 4.78 is 5.38. The smallest absolute Gasteiger partial charge is 0.338 e. The Bertz CT molecular complexity index is 370. The van der Waals surface area contributed by atoms with Gasteiger partial charge in [0.05, 0.1) is 5.56 Å². The lowest BCUT2D eigenvalue weighted by Gasteiger charge is -2.15. The average Bonchev–Trinajstić information content (AvgIpc) is 2.25. The summed E-state index contributed by atoms with van der Waals surface area (Å²) in [6.45, 7) is 5.88. The number of carbonyl (C=O) groups is 1. The maximum Gasteiger partial charge on any atom is 0.338 e. The fourth-order valence-electron chi connectivity index (χ4n) is 1.59. The summed E-state index contributed by atoms with van der Waals surface area (Å²) in [4.78, 5) is 11.8. The Labute approximate surface area is 96.6 Å². The number of benzene rings is 1. The molecule has 0 amide bonds. The van der Waals surface area contributed by atoms with Gasteiger partial charge in [-0.15, -0.1) is 0 Å². The summed E-state index contributed by atoms with van der Waals surface area (Å²) in [5.74, 6) is -0.258. The lowest BCUT2D eigenvalue weighted by atomic mass is 10.1. The Hall–Kier alpha value is -1.51. The normalized spacial score (nSPS) is 10.5. The van der Waals surface area contributed by atoms with Gasteiger partial charge in [-0.25, -0.2) is 4.79 Å². The van der Waals surface area contributed by atoms with Crippen LogP contribution in [-0.2, 0) is 4.74 Å². The molecule has 0 atom stereocenters. The van der Waals surface area contributed by atoms with E-state index in [-0.39, 0.29) is 12.1 Å². The van der Waals surface area contributed by atoms with Gasteiger partial charge in [0.2, 0.25) is 0 Å². The minimum atomic E-state index is -0.258. The first-order valence-electron chi connectivity index (χ1n) is 5.65. The van der Waals surface area contributed by atoms with E-state index in [1.807, 2.05) is 20.8 Å². The van der Waals surface area contributed by atoms with Gasteiger partial charge >= 0.3 is 5.97 Å². The van der Waals surface area contributed by atoms with Gasteiger partial charge < -0.3 is 10.5 Å². The first-order chi connectivity index (χ1) is 7.58. The van der Waals surface area contributed by atoms with Crippen molar-refractivity contribution in [1.29, 1.82) is 0 Å². The van der Waals surface area contributed by atoms with E-state index in [0.29, 0.717) is 11.3 Å². The molecule has 3 nitrogen and oxygen atoms in total. The van der Waals surface area contributed by atoms with E-state index in [1.165, 1.54) is 0 Å². The van der Waals surface area contributed by atoms with Crippen LogP contribution in [0.3, 0.4) is 0 Å². The van der Waals surface area contributed by atoms with Crippen molar-refractivity contribution in [3.8, 4) is 0 Å². The van der Waals surface area contributed by atoms with Gasteiger partial charge in [-0.1, -0.05) is 13.8 Å². The maximum absolute atomic E-state index is 11.8. The lowest BCUT2D eigenvalue weighted by Crippen LogP contribution is -2.17. The molecule has 0 aliphatic carbocycles. The van der Waals surface area contributed by atoms with E-state index < -0.39 is 0 Å². The molecule has 0 fully saturated rings. The zero-order valence-electron chi connectivity index (χ0n) is 10.1. The monoisotopic (exact) mass is 221 g/mol. The standard InChI is InChI=1S/C13H19NO2/c1-4-11(5-2)16-13(15)12-7-6-10(14)8-9(12)3/h6-8,11H,4-5,14H2,1-3H3. The van der Waals surface area contributed by atoms with Crippen LogP contribution in [0.25, 0.3) is 0 Å². The topological polar surface area (TPSA) is 52.3 Å². The third-order valence-corrected chi connectivity index (χ3v) is 2.65. The second-order valence-corrected chi connectivity index (χ2v) is 3.92. The van der Waals surface area contributed by atoms with Crippen molar-refractivity contribution in [3.63, 3.8) is 0 Å². The fourth-order valence-corrected chi connectivity index (χ4v) is 1.59. The molecule has 0 aromatic heterocycles. The predicted molar refractivity (Wildman–Crippen MR) is 65.4 cm³/mol. The Balaban J connectivity index is 2.80. The highest BCUT2D eigenvalue weighted by Crippen LogP contribution is 2.15. The molecular weight excluding hydrogens is 202 g/mol. The molecule has 1 rings (SSSR count). The van der Waals surface area contributed by atoms with Crippen LogP contribution in [0.15, 0.2) is 18.2 Å². The van der Waals surface area contributed by atoms with Crippen molar-refractivity contribution in [2.75, 3.05) is 5.73 Å². The molecule has 1 aromatic carbocycles. The number of nitrogen functional groups attached to an aromatic ring is 1. The van der Waals surface area contributed by atoms with E-state index >= 15 is 0 Å². The molecule has 0 bridgehead atoms. The van der Waals surface area contributed by atoms with Gasteiger partial charge in [-0.3, -0.25) is 0 Å². The minimum Gasteiger partial charge on any atom is -0.459 e. The van der Waals surface area contributed by atoms with Gasteiger partial charge in [-0.2, -0.15) is 0 Å². The molecule has 0 heterocycles. The fraction of sp³-hybridized carbons (Fsp3) is 0.462. The molecule has 0 unspecified atom stereocenters. The molecule has 0 saturated heterocycles. The first-order valence-corrected chi connectivity index (χ1v) is 5.65. The van der Waals surface area contributed by atoms with E-state index in [4.69, 9.17) is 10.5 Å². The molecular formula is C13H19NO2. The number of esters is 1. The molecule has 0 radical (unpaired) electrons. The average molecular weight is 221 g/mol. The van der Waals surface area contributed by atoms with E-state index in [9.17, 15) is 4.79 Å². The minimum absolute atomic E-state index is 0.00412. The van der Waals surface area contributed by atoms with Gasteiger partial charge in [0.1, 0.15) is 6.10 Å². The van der Waals surface area contributed by atoms with E-state index in [2.05, 4.69) is 0 Å². The van der Waals surface area contributed by atoms with Crippen molar-refractivity contribution in [3.05, 3.63) is 29.3 Å². The quantitative estimate of drug-likeness (QED) is 0.628.